The van der Waals surface area contributed by atoms with Crippen molar-refractivity contribution < 1.29 is 19.5 Å². The molecule has 9 nitrogen and oxygen atoms in total. The molecule has 1 aliphatic heterocycles. The highest BCUT2D eigenvalue weighted by molar-refractivity contribution is 9.10. The van der Waals surface area contributed by atoms with Gasteiger partial charge in [0.25, 0.3) is 0 Å². The molecule has 1 saturated heterocycles. The summed E-state index contributed by atoms with van der Waals surface area (Å²) in [6.07, 6.45) is 3.23. The number of likely N-dealkylation sites (tertiary alicyclic amines) is 1. The van der Waals surface area contributed by atoms with Crippen molar-refractivity contribution in [3.8, 4) is 17.0 Å². The van der Waals surface area contributed by atoms with Crippen LogP contribution in [0.2, 0.25) is 0 Å². The maximum atomic E-state index is 13.1. The maximum absolute atomic E-state index is 13.1. The van der Waals surface area contributed by atoms with Gasteiger partial charge in [0, 0.05) is 60.6 Å². The summed E-state index contributed by atoms with van der Waals surface area (Å²) >= 11 is 3.51. The minimum absolute atomic E-state index is 0.0488. The number of fused-ring (bicyclic) bond motifs is 2. The van der Waals surface area contributed by atoms with E-state index in [1.807, 2.05) is 18.2 Å². The number of Topliss-reactive ketones (excluding diaryl/α,β-unsaturated/α-hetero) is 2. The maximum Gasteiger partial charge on any atom is 0.223 e. The number of para-hydroxylation sites is 1. The van der Waals surface area contributed by atoms with E-state index in [0.717, 1.165) is 10.3 Å². The third kappa shape index (κ3) is 4.80. The Balaban J connectivity index is 1.13. The molecule has 4 aromatic rings. The molecule has 0 bridgehead atoms. The van der Waals surface area contributed by atoms with Crippen molar-refractivity contribution in [2.24, 2.45) is 5.92 Å². The molecule has 0 spiro atoms. The summed E-state index contributed by atoms with van der Waals surface area (Å²) in [4.78, 5) is 45.0. The van der Waals surface area contributed by atoms with E-state index in [9.17, 15) is 19.5 Å². The van der Waals surface area contributed by atoms with Crippen LogP contribution < -0.4 is 5.32 Å². The van der Waals surface area contributed by atoms with Crippen LogP contribution in [0.1, 0.15) is 46.4 Å². The van der Waals surface area contributed by atoms with E-state index < -0.39 is 5.92 Å². The van der Waals surface area contributed by atoms with E-state index in [-0.39, 0.29) is 42.1 Å². The number of nitrogens with one attached hydrogen (secondary N) is 1. The molecule has 3 heterocycles. The van der Waals surface area contributed by atoms with Gasteiger partial charge in [-0.15, -0.1) is 0 Å². The molecule has 2 N–H and O–H groups in total. The molecule has 1 fully saturated rings. The number of phenols is 1. The second-order valence-electron chi connectivity index (χ2n) is 10.0. The zero-order valence-electron chi connectivity index (χ0n) is 21.0. The molecule has 1 atom stereocenters. The average Bonchev–Trinajstić information content (AvgIpc) is 3.33. The molecule has 2 aromatic carbocycles. The number of carbonyl (C=O) groups excluding carboxylic acids is 3. The van der Waals surface area contributed by atoms with Crippen LogP contribution in [0, 0.1) is 5.92 Å². The summed E-state index contributed by atoms with van der Waals surface area (Å²) < 4.78 is 2.45. The molecule has 0 saturated carbocycles. The van der Waals surface area contributed by atoms with Gasteiger partial charge in [-0.05, 0) is 40.9 Å². The molecule has 1 unspecified atom stereocenters. The zero-order valence-corrected chi connectivity index (χ0v) is 22.6. The quantitative estimate of drug-likeness (QED) is 0.346. The van der Waals surface area contributed by atoms with Crippen molar-refractivity contribution in [2.45, 2.75) is 31.7 Å². The lowest BCUT2D eigenvalue weighted by molar-refractivity contribution is -0.132. The van der Waals surface area contributed by atoms with Crippen LogP contribution in [-0.2, 0) is 4.79 Å². The fourth-order valence-electron chi connectivity index (χ4n) is 5.44. The van der Waals surface area contributed by atoms with E-state index in [1.165, 1.54) is 0 Å². The summed E-state index contributed by atoms with van der Waals surface area (Å²) in [5.74, 6) is -0.0244. The lowest BCUT2D eigenvalue weighted by atomic mass is 9.80. The number of ketones is 2. The van der Waals surface area contributed by atoms with Crippen molar-refractivity contribution >= 4 is 44.9 Å². The Labute approximate surface area is 233 Å². The Hall–Kier alpha value is -4.05. The normalized spacial score (nSPS) is 17.9. The second kappa shape index (κ2) is 10.3. The van der Waals surface area contributed by atoms with Gasteiger partial charge in [-0.25, -0.2) is 4.98 Å². The van der Waals surface area contributed by atoms with Gasteiger partial charge in [0.1, 0.15) is 11.6 Å². The van der Waals surface area contributed by atoms with Gasteiger partial charge < -0.3 is 15.3 Å². The summed E-state index contributed by atoms with van der Waals surface area (Å²) in [6.45, 7) is 1.09. The van der Waals surface area contributed by atoms with Gasteiger partial charge in [0.05, 0.1) is 16.4 Å². The summed E-state index contributed by atoms with van der Waals surface area (Å²) in [5.41, 5.74) is 2.74. The second-order valence-corrected chi connectivity index (χ2v) is 10.9. The number of amides is 1. The molecule has 6 rings (SSSR count). The van der Waals surface area contributed by atoms with Crippen molar-refractivity contribution in [3.63, 3.8) is 0 Å². The van der Waals surface area contributed by atoms with Gasteiger partial charge in [0.15, 0.2) is 17.2 Å². The van der Waals surface area contributed by atoms with E-state index in [2.05, 4.69) is 31.3 Å². The number of piperidine rings is 1. The van der Waals surface area contributed by atoms with Gasteiger partial charge in [-0.1, -0.05) is 36.4 Å². The largest absolute Gasteiger partial charge is 0.507 e. The number of hydrogen-bond acceptors (Lipinski definition) is 7. The SMILES string of the molecule is O=C1CC(CC(=O)N2CCC(Nc3cc(-c4ccccc4O)nc4c(Br)cnn34)CC2)C(=O)c2ccccc21. The Morgan fingerprint density at radius 2 is 1.72 bits per heavy atom. The standard InChI is InChI=1S/C29H26BrN5O4/c30-22-16-31-35-26(15-23(33-29(22)35)21-7-3-4-8-24(21)36)32-18-9-11-34(12-10-18)27(38)14-17-13-25(37)19-5-1-2-6-20(19)28(17)39/h1-8,15-18,32,36H,9-14H2. The van der Waals surface area contributed by atoms with Crippen LogP contribution in [0.15, 0.2) is 65.3 Å². The molecule has 0 radical (unpaired) electrons. The first-order chi connectivity index (χ1) is 18.9. The van der Waals surface area contributed by atoms with E-state index in [0.29, 0.717) is 54.0 Å². The number of anilines is 1. The number of aromatic hydroxyl groups is 1. The molecular weight excluding hydrogens is 562 g/mol. The minimum atomic E-state index is -0.605. The van der Waals surface area contributed by atoms with E-state index in [1.54, 1.807) is 52.0 Å². The van der Waals surface area contributed by atoms with Gasteiger partial charge in [-0.3, -0.25) is 14.4 Å². The van der Waals surface area contributed by atoms with Crippen LogP contribution in [0.5, 0.6) is 5.75 Å². The number of carbonyl (C=O) groups is 3. The fraction of sp³-hybridized carbons (Fsp3) is 0.276. The van der Waals surface area contributed by atoms with Crippen LogP contribution in [-0.4, -0.2) is 61.2 Å². The van der Waals surface area contributed by atoms with Crippen LogP contribution in [0.4, 0.5) is 5.82 Å². The zero-order chi connectivity index (χ0) is 27.1. The summed E-state index contributed by atoms with van der Waals surface area (Å²) in [7, 11) is 0. The summed E-state index contributed by atoms with van der Waals surface area (Å²) in [6, 6.07) is 15.9. The molecule has 2 aromatic heterocycles. The average molecular weight is 588 g/mol. The molecule has 1 amide bonds. The lowest BCUT2D eigenvalue weighted by Crippen LogP contribution is -2.44. The van der Waals surface area contributed by atoms with Crippen LogP contribution in [0.3, 0.4) is 0 Å². The van der Waals surface area contributed by atoms with Crippen molar-refractivity contribution in [2.75, 3.05) is 18.4 Å². The first-order valence-corrected chi connectivity index (χ1v) is 13.7. The highest BCUT2D eigenvalue weighted by atomic mass is 79.9. The number of nitrogens with zero attached hydrogens (tertiary/aromatic N) is 4. The minimum Gasteiger partial charge on any atom is -0.507 e. The molecular formula is C29H26BrN5O4. The van der Waals surface area contributed by atoms with Gasteiger partial charge >= 0.3 is 0 Å². The number of rotatable bonds is 5. The topological polar surface area (TPSA) is 117 Å². The highest BCUT2D eigenvalue weighted by Gasteiger charge is 2.35. The summed E-state index contributed by atoms with van der Waals surface area (Å²) in [5, 5.41) is 18.4. The first kappa shape index (κ1) is 25.2. The van der Waals surface area contributed by atoms with Gasteiger partial charge in [-0.2, -0.15) is 9.61 Å². The Morgan fingerprint density at radius 3 is 2.46 bits per heavy atom. The Morgan fingerprint density at radius 1 is 1.03 bits per heavy atom. The van der Waals surface area contributed by atoms with Crippen molar-refractivity contribution in [1.82, 2.24) is 19.5 Å². The van der Waals surface area contributed by atoms with Crippen LogP contribution in [0.25, 0.3) is 16.9 Å². The predicted molar refractivity (Wildman–Crippen MR) is 149 cm³/mol. The van der Waals surface area contributed by atoms with E-state index >= 15 is 0 Å². The molecule has 39 heavy (non-hydrogen) atoms. The smallest absolute Gasteiger partial charge is 0.223 e. The number of halogens is 1. The number of aromatic nitrogens is 3. The van der Waals surface area contributed by atoms with Crippen molar-refractivity contribution in [3.05, 3.63) is 76.4 Å². The number of benzene rings is 2. The number of hydrogen-bond donors (Lipinski definition) is 2. The highest BCUT2D eigenvalue weighted by Crippen LogP contribution is 2.32. The Bertz CT molecular complexity index is 1610. The molecule has 2 aliphatic rings. The molecule has 10 heteroatoms. The third-order valence-electron chi connectivity index (χ3n) is 7.52. The third-order valence-corrected chi connectivity index (χ3v) is 8.08. The van der Waals surface area contributed by atoms with Crippen molar-refractivity contribution in [1.29, 1.82) is 0 Å². The molecule has 1 aliphatic carbocycles. The predicted octanol–water partition coefficient (Wildman–Crippen LogP) is 4.74. The van der Waals surface area contributed by atoms with Crippen LogP contribution >= 0.6 is 15.9 Å². The fourth-order valence-corrected chi connectivity index (χ4v) is 5.79. The van der Waals surface area contributed by atoms with E-state index in [4.69, 9.17) is 0 Å². The Kier molecular flexibility index (Phi) is 6.64. The number of phenolic OH excluding ortho intramolecular Hbond substituents is 1. The lowest BCUT2D eigenvalue weighted by Gasteiger charge is -2.34. The molecule has 198 valence electrons. The monoisotopic (exact) mass is 587 g/mol. The first-order valence-electron chi connectivity index (χ1n) is 12.9. The van der Waals surface area contributed by atoms with Gasteiger partial charge in [0.2, 0.25) is 5.91 Å².